The lowest BCUT2D eigenvalue weighted by Gasteiger charge is -2.31. The van der Waals surface area contributed by atoms with Gasteiger partial charge in [-0.1, -0.05) is 36.4 Å². The van der Waals surface area contributed by atoms with Gasteiger partial charge in [0.25, 0.3) is 0 Å². The van der Waals surface area contributed by atoms with Gasteiger partial charge in [0.15, 0.2) is 0 Å². The van der Waals surface area contributed by atoms with E-state index in [0.717, 1.165) is 34.1 Å². The van der Waals surface area contributed by atoms with E-state index in [4.69, 9.17) is 0 Å². The fourth-order valence-corrected chi connectivity index (χ4v) is 5.36. The van der Waals surface area contributed by atoms with Crippen molar-refractivity contribution in [3.8, 4) is 0 Å². The van der Waals surface area contributed by atoms with Gasteiger partial charge in [-0.2, -0.15) is 0 Å². The number of nitrogens with one attached hydrogen (secondary N) is 2. The number of carbonyl (C=O) groups excluding carboxylic acids is 2. The minimum Gasteiger partial charge on any atom is -0.356 e. The van der Waals surface area contributed by atoms with Gasteiger partial charge < -0.3 is 20.4 Å². The van der Waals surface area contributed by atoms with E-state index >= 15 is 0 Å². The predicted molar refractivity (Wildman–Crippen MR) is 193 cm³/mol. The number of amides is 2. The summed E-state index contributed by atoms with van der Waals surface area (Å²) in [4.78, 5) is 34.6. The minimum atomic E-state index is 0.0133. The molecule has 46 heavy (non-hydrogen) atoms. The highest BCUT2D eigenvalue weighted by molar-refractivity contribution is 5.96. The molecule has 4 aromatic carbocycles. The van der Waals surface area contributed by atoms with Crippen LogP contribution in [0.2, 0.25) is 0 Å². The molecule has 0 atom stereocenters. The van der Waals surface area contributed by atoms with Gasteiger partial charge in [-0.15, -0.1) is 0 Å². The van der Waals surface area contributed by atoms with Crippen molar-refractivity contribution < 1.29 is 9.59 Å². The number of benzene rings is 4. The van der Waals surface area contributed by atoms with Crippen LogP contribution in [0.15, 0.2) is 109 Å². The van der Waals surface area contributed by atoms with Gasteiger partial charge in [-0.25, -0.2) is 0 Å². The number of nitrogens with zero attached hydrogens (tertiary/aromatic N) is 4. The molecule has 8 heteroatoms. The Hall–Kier alpha value is -4.66. The topological polar surface area (TPSA) is 71.2 Å². The largest absolute Gasteiger partial charge is 0.356 e. The second kappa shape index (κ2) is 16.6. The molecule has 0 heterocycles. The molecule has 4 aromatic rings. The molecule has 0 aromatic heterocycles. The Bertz CT molecular complexity index is 1390. The smallest absolute Gasteiger partial charge is 0.241 e. The van der Waals surface area contributed by atoms with Gasteiger partial charge in [0, 0.05) is 59.3 Å². The molecule has 0 aliphatic rings. The van der Waals surface area contributed by atoms with E-state index in [-0.39, 0.29) is 37.0 Å². The quantitative estimate of drug-likeness (QED) is 0.146. The first-order valence-electron chi connectivity index (χ1n) is 16.0. The van der Waals surface area contributed by atoms with Crippen molar-refractivity contribution in [3.05, 3.63) is 109 Å². The summed E-state index contributed by atoms with van der Waals surface area (Å²) in [6, 6.07) is 36.0. The Kier molecular flexibility index (Phi) is 12.3. The fraction of sp³-hybridized carbons (Fsp3) is 0.316. The van der Waals surface area contributed by atoms with Crippen LogP contribution in [-0.4, -0.2) is 74.0 Å². The monoisotopic (exact) mass is 620 g/mol. The Morgan fingerprint density at radius 3 is 1.11 bits per heavy atom. The van der Waals surface area contributed by atoms with Crippen LogP contribution in [0, 0.1) is 0 Å². The fourth-order valence-electron chi connectivity index (χ4n) is 5.36. The minimum absolute atomic E-state index is 0.0133. The van der Waals surface area contributed by atoms with E-state index in [1.807, 2.05) is 171 Å². The van der Waals surface area contributed by atoms with Gasteiger partial charge in [-0.05, 0) is 115 Å². The van der Waals surface area contributed by atoms with Crippen LogP contribution < -0.4 is 20.4 Å². The van der Waals surface area contributed by atoms with E-state index in [2.05, 4.69) is 10.6 Å². The van der Waals surface area contributed by atoms with Crippen LogP contribution in [0.4, 0.5) is 34.1 Å². The molecule has 0 unspecified atom stereocenters. The Morgan fingerprint density at radius 1 is 0.500 bits per heavy atom. The Morgan fingerprint density at radius 2 is 0.804 bits per heavy atom. The highest BCUT2D eigenvalue weighted by Crippen LogP contribution is 2.24. The third kappa shape index (κ3) is 9.92. The molecule has 4 rings (SSSR count). The third-order valence-electron chi connectivity index (χ3n) is 7.66. The van der Waals surface area contributed by atoms with Gasteiger partial charge >= 0.3 is 0 Å². The number of hydrogen-bond donors (Lipinski definition) is 2. The molecule has 0 bridgehead atoms. The zero-order chi connectivity index (χ0) is 33.1. The second-order valence-corrected chi connectivity index (χ2v) is 12.3. The SMILES string of the molecule is CC(C)N(C(=O)CN(C)CCN(C)CC(=O)N(c1ccc(Nc2ccccc2)cc1)C(C)C)c1ccc(Nc2ccccc2)cc1. The van der Waals surface area contributed by atoms with Crippen molar-refractivity contribution in [1.29, 1.82) is 0 Å². The molecule has 0 saturated carbocycles. The van der Waals surface area contributed by atoms with E-state index < -0.39 is 0 Å². The molecule has 0 fully saturated rings. The van der Waals surface area contributed by atoms with Gasteiger partial charge in [0.2, 0.25) is 11.8 Å². The van der Waals surface area contributed by atoms with Crippen LogP contribution in [0.25, 0.3) is 0 Å². The summed E-state index contributed by atoms with van der Waals surface area (Å²) in [5.74, 6) is 0.0763. The van der Waals surface area contributed by atoms with Crippen LogP contribution in [0.1, 0.15) is 27.7 Å². The van der Waals surface area contributed by atoms with E-state index in [9.17, 15) is 9.59 Å². The van der Waals surface area contributed by atoms with E-state index in [0.29, 0.717) is 13.1 Å². The second-order valence-electron chi connectivity index (χ2n) is 12.3. The van der Waals surface area contributed by atoms with Gasteiger partial charge in [-0.3, -0.25) is 19.4 Å². The number of likely N-dealkylation sites (N-methyl/N-ethyl adjacent to an activating group) is 2. The molecule has 0 spiro atoms. The molecule has 0 saturated heterocycles. The molecular formula is C38H48N6O2. The molecule has 2 amide bonds. The maximum Gasteiger partial charge on any atom is 0.241 e. The number of anilines is 6. The maximum absolute atomic E-state index is 13.4. The summed E-state index contributed by atoms with van der Waals surface area (Å²) in [7, 11) is 3.90. The summed E-state index contributed by atoms with van der Waals surface area (Å²) in [6.45, 7) is 9.99. The summed E-state index contributed by atoms with van der Waals surface area (Å²) in [6.07, 6.45) is 0. The molecule has 2 N–H and O–H groups in total. The maximum atomic E-state index is 13.4. The van der Waals surface area contributed by atoms with Crippen LogP contribution >= 0.6 is 0 Å². The third-order valence-corrected chi connectivity index (χ3v) is 7.66. The summed E-state index contributed by atoms with van der Waals surface area (Å²) in [5.41, 5.74) is 5.70. The summed E-state index contributed by atoms with van der Waals surface area (Å²) >= 11 is 0. The first-order chi connectivity index (χ1) is 22.1. The molecule has 242 valence electrons. The van der Waals surface area contributed by atoms with Crippen molar-refractivity contribution in [3.63, 3.8) is 0 Å². The zero-order valence-corrected chi connectivity index (χ0v) is 28.0. The van der Waals surface area contributed by atoms with Crippen LogP contribution in [0.3, 0.4) is 0 Å². The average molecular weight is 621 g/mol. The lowest BCUT2D eigenvalue weighted by atomic mass is 10.2. The van der Waals surface area contributed by atoms with Crippen molar-refractivity contribution in [2.24, 2.45) is 0 Å². The normalized spacial score (nSPS) is 11.3. The van der Waals surface area contributed by atoms with Gasteiger partial charge in [0.05, 0.1) is 13.1 Å². The number of para-hydroxylation sites is 2. The first-order valence-corrected chi connectivity index (χ1v) is 16.0. The lowest BCUT2D eigenvalue weighted by Crippen LogP contribution is -2.46. The molecular weight excluding hydrogens is 572 g/mol. The molecule has 0 radical (unpaired) electrons. The Labute approximate surface area is 274 Å². The summed E-state index contributed by atoms with van der Waals surface area (Å²) in [5, 5.41) is 6.78. The molecule has 0 aliphatic heterocycles. The van der Waals surface area contributed by atoms with Crippen molar-refractivity contribution in [2.45, 2.75) is 39.8 Å². The van der Waals surface area contributed by atoms with Crippen molar-refractivity contribution in [2.75, 3.05) is 60.7 Å². The van der Waals surface area contributed by atoms with Crippen LogP contribution in [0.5, 0.6) is 0 Å². The highest BCUT2D eigenvalue weighted by atomic mass is 16.2. The molecule has 0 aliphatic carbocycles. The Balaban J connectivity index is 1.27. The van der Waals surface area contributed by atoms with Crippen molar-refractivity contribution >= 4 is 45.9 Å². The first kappa shape index (κ1) is 34.2. The highest BCUT2D eigenvalue weighted by Gasteiger charge is 2.23. The predicted octanol–water partition coefficient (Wildman–Crippen LogP) is 7.22. The average Bonchev–Trinajstić information content (AvgIpc) is 3.02. The van der Waals surface area contributed by atoms with E-state index in [1.54, 1.807) is 0 Å². The van der Waals surface area contributed by atoms with Gasteiger partial charge in [0.1, 0.15) is 0 Å². The molecule has 8 nitrogen and oxygen atoms in total. The summed E-state index contributed by atoms with van der Waals surface area (Å²) < 4.78 is 0. The number of hydrogen-bond acceptors (Lipinski definition) is 6. The van der Waals surface area contributed by atoms with Crippen molar-refractivity contribution in [1.82, 2.24) is 9.80 Å². The standard InChI is InChI=1S/C38H48N6O2/c1-29(2)43(35-21-17-33(18-22-35)39-31-13-9-7-10-14-31)37(45)27-41(5)25-26-42(6)28-38(46)44(30(3)4)36-23-19-34(20-24-36)40-32-15-11-8-12-16-32/h7-24,29-30,39-40H,25-28H2,1-6H3. The number of carbonyl (C=O) groups is 2. The zero-order valence-electron chi connectivity index (χ0n) is 28.0. The van der Waals surface area contributed by atoms with Crippen LogP contribution in [-0.2, 0) is 9.59 Å². The lowest BCUT2D eigenvalue weighted by molar-refractivity contribution is -0.121. The van der Waals surface area contributed by atoms with E-state index in [1.165, 1.54) is 0 Å². The number of rotatable bonds is 15.